The molecule has 3 aromatic heterocycles. The molecule has 0 amide bonds. The Morgan fingerprint density at radius 3 is 2.62 bits per heavy atom. The Kier molecular flexibility index (Phi) is 5.67. The molecule has 0 saturated carbocycles. The minimum atomic E-state index is 0.461. The lowest BCUT2D eigenvalue weighted by Gasteiger charge is -2.05. The van der Waals surface area contributed by atoms with Gasteiger partial charge < -0.3 is 9.30 Å². The molecule has 1 N–H and O–H groups in total. The summed E-state index contributed by atoms with van der Waals surface area (Å²) in [6, 6.07) is 19.9. The quantitative estimate of drug-likeness (QED) is 0.486. The third-order valence-corrected chi connectivity index (χ3v) is 4.47. The Morgan fingerprint density at radius 2 is 1.86 bits per heavy atom. The van der Waals surface area contributed by atoms with Gasteiger partial charge in [-0.1, -0.05) is 24.3 Å². The number of H-pyrrole nitrogens is 1. The third-order valence-electron chi connectivity index (χ3n) is 4.47. The van der Waals surface area contributed by atoms with E-state index in [4.69, 9.17) is 4.74 Å². The summed E-state index contributed by atoms with van der Waals surface area (Å²) < 4.78 is 7.83. The summed E-state index contributed by atoms with van der Waals surface area (Å²) in [5.74, 6) is 0.820. The van der Waals surface area contributed by atoms with Crippen LogP contribution in [0.25, 0.3) is 24.3 Å². The molecule has 144 valence electrons. The summed E-state index contributed by atoms with van der Waals surface area (Å²) in [5, 5.41) is 7.37. The standard InChI is InChI=1S/C24H22N4O/c1-28-16-4-6-23(28)12-11-21-17-20(26-27-21)10-7-19-8-13-24(14-9-19)29-18-22-5-2-3-15-25-22/h2-17H,18H2,1H3,(H,26,27)/b10-7?,12-11+. The lowest BCUT2D eigenvalue weighted by molar-refractivity contribution is 0.301. The van der Waals surface area contributed by atoms with Gasteiger partial charge in [0.2, 0.25) is 0 Å². The summed E-state index contributed by atoms with van der Waals surface area (Å²) in [7, 11) is 2.02. The Labute approximate surface area is 170 Å². The summed E-state index contributed by atoms with van der Waals surface area (Å²) in [5.41, 5.74) is 4.98. The van der Waals surface area contributed by atoms with Gasteiger partial charge in [0.05, 0.1) is 17.1 Å². The van der Waals surface area contributed by atoms with Crippen LogP contribution < -0.4 is 4.74 Å². The Balaban J connectivity index is 1.34. The van der Waals surface area contributed by atoms with Crippen molar-refractivity contribution in [2.75, 3.05) is 0 Å². The maximum Gasteiger partial charge on any atom is 0.130 e. The van der Waals surface area contributed by atoms with E-state index in [-0.39, 0.29) is 0 Å². The molecule has 0 saturated heterocycles. The van der Waals surface area contributed by atoms with Crippen LogP contribution in [-0.4, -0.2) is 19.7 Å². The molecule has 0 fully saturated rings. The van der Waals surface area contributed by atoms with Crippen LogP contribution in [0.5, 0.6) is 5.75 Å². The van der Waals surface area contributed by atoms with E-state index in [0.29, 0.717) is 6.61 Å². The lowest BCUT2D eigenvalue weighted by atomic mass is 10.2. The topological polar surface area (TPSA) is 55.7 Å². The smallest absolute Gasteiger partial charge is 0.130 e. The molecule has 29 heavy (non-hydrogen) atoms. The van der Waals surface area contributed by atoms with Gasteiger partial charge in [-0.05, 0) is 66.3 Å². The molecule has 0 atom stereocenters. The van der Waals surface area contributed by atoms with E-state index in [1.807, 2.05) is 86.1 Å². The number of pyridine rings is 1. The number of benzene rings is 1. The molecule has 0 unspecified atom stereocenters. The molecule has 1 aromatic carbocycles. The second-order valence-electron chi connectivity index (χ2n) is 6.64. The average molecular weight is 382 g/mol. The van der Waals surface area contributed by atoms with Crippen LogP contribution in [0.1, 0.15) is 28.3 Å². The first-order chi connectivity index (χ1) is 14.3. The highest BCUT2D eigenvalue weighted by Crippen LogP contribution is 2.16. The van der Waals surface area contributed by atoms with E-state index in [1.54, 1.807) is 6.20 Å². The zero-order valence-electron chi connectivity index (χ0n) is 16.2. The molecule has 5 nitrogen and oxygen atoms in total. The van der Waals surface area contributed by atoms with Crippen molar-refractivity contribution >= 4 is 24.3 Å². The number of ether oxygens (including phenoxy) is 1. The average Bonchev–Trinajstić information content (AvgIpc) is 3.39. The van der Waals surface area contributed by atoms with Crippen molar-refractivity contribution in [2.24, 2.45) is 7.05 Å². The van der Waals surface area contributed by atoms with Crippen LogP contribution >= 0.6 is 0 Å². The van der Waals surface area contributed by atoms with Crippen LogP contribution in [0.15, 0.2) is 73.1 Å². The van der Waals surface area contributed by atoms with Crippen molar-refractivity contribution in [3.63, 3.8) is 0 Å². The first-order valence-corrected chi connectivity index (χ1v) is 9.42. The van der Waals surface area contributed by atoms with E-state index < -0.39 is 0 Å². The molecular weight excluding hydrogens is 360 g/mol. The molecule has 0 aliphatic heterocycles. The van der Waals surface area contributed by atoms with Crippen molar-refractivity contribution in [2.45, 2.75) is 6.61 Å². The Morgan fingerprint density at radius 1 is 0.966 bits per heavy atom. The lowest BCUT2D eigenvalue weighted by Crippen LogP contribution is -1.97. The van der Waals surface area contributed by atoms with Gasteiger partial charge in [0.1, 0.15) is 12.4 Å². The first kappa shape index (κ1) is 18.5. The predicted octanol–water partition coefficient (Wildman–Crippen LogP) is 5.06. The largest absolute Gasteiger partial charge is 0.487 e. The second kappa shape index (κ2) is 8.89. The highest BCUT2D eigenvalue weighted by atomic mass is 16.5. The van der Waals surface area contributed by atoms with Gasteiger partial charge in [-0.15, -0.1) is 0 Å². The van der Waals surface area contributed by atoms with Crippen molar-refractivity contribution in [1.82, 2.24) is 19.7 Å². The van der Waals surface area contributed by atoms with Crippen LogP contribution in [0.2, 0.25) is 0 Å². The van der Waals surface area contributed by atoms with Crippen molar-refractivity contribution < 1.29 is 4.74 Å². The molecule has 4 aromatic rings. The fourth-order valence-corrected chi connectivity index (χ4v) is 2.84. The third kappa shape index (κ3) is 5.11. The van der Waals surface area contributed by atoms with Gasteiger partial charge in [0, 0.05) is 25.1 Å². The predicted molar refractivity (Wildman–Crippen MR) is 117 cm³/mol. The van der Waals surface area contributed by atoms with Gasteiger partial charge in [0.25, 0.3) is 0 Å². The molecule has 0 radical (unpaired) electrons. The SMILES string of the molecule is Cn1cccc1/C=C/c1cc(C=Cc2ccc(OCc3ccccn3)cc2)n[nH]1. The van der Waals surface area contributed by atoms with Crippen molar-refractivity contribution in [3.05, 3.63) is 101 Å². The highest BCUT2D eigenvalue weighted by molar-refractivity contribution is 5.71. The van der Waals surface area contributed by atoms with E-state index in [1.165, 1.54) is 0 Å². The zero-order chi connectivity index (χ0) is 19.9. The van der Waals surface area contributed by atoms with Gasteiger partial charge in [-0.2, -0.15) is 5.10 Å². The molecular formula is C24H22N4O. The fourth-order valence-electron chi connectivity index (χ4n) is 2.84. The molecule has 4 rings (SSSR count). The molecule has 0 aliphatic carbocycles. The number of aromatic amines is 1. The van der Waals surface area contributed by atoms with Crippen LogP contribution in [0.4, 0.5) is 0 Å². The fraction of sp³-hybridized carbons (Fsp3) is 0.0833. The number of aryl methyl sites for hydroxylation is 1. The minimum absolute atomic E-state index is 0.461. The van der Waals surface area contributed by atoms with Gasteiger partial charge in [-0.3, -0.25) is 10.1 Å². The zero-order valence-corrected chi connectivity index (χ0v) is 16.2. The van der Waals surface area contributed by atoms with Crippen LogP contribution in [0, 0.1) is 0 Å². The Bertz CT molecular complexity index is 1110. The molecule has 5 heteroatoms. The minimum Gasteiger partial charge on any atom is -0.487 e. The van der Waals surface area contributed by atoms with Gasteiger partial charge in [0.15, 0.2) is 0 Å². The Hall–Kier alpha value is -3.86. The summed E-state index contributed by atoms with van der Waals surface area (Å²) >= 11 is 0. The molecule has 3 heterocycles. The maximum atomic E-state index is 5.77. The number of nitrogens with one attached hydrogen (secondary N) is 1. The van der Waals surface area contributed by atoms with E-state index >= 15 is 0 Å². The number of nitrogens with zero attached hydrogens (tertiary/aromatic N) is 3. The molecule has 0 bridgehead atoms. The number of hydrogen-bond acceptors (Lipinski definition) is 3. The van der Waals surface area contributed by atoms with Crippen molar-refractivity contribution in [1.29, 1.82) is 0 Å². The second-order valence-corrected chi connectivity index (χ2v) is 6.64. The molecule has 0 spiro atoms. The highest BCUT2D eigenvalue weighted by Gasteiger charge is 1.98. The van der Waals surface area contributed by atoms with E-state index in [2.05, 4.69) is 31.9 Å². The number of rotatable bonds is 7. The van der Waals surface area contributed by atoms with E-state index in [0.717, 1.165) is 34.1 Å². The summed E-state index contributed by atoms with van der Waals surface area (Å²) in [6.45, 7) is 0.461. The summed E-state index contributed by atoms with van der Waals surface area (Å²) in [6.07, 6.45) is 11.9. The van der Waals surface area contributed by atoms with Crippen molar-refractivity contribution in [3.8, 4) is 5.75 Å². The molecule has 0 aliphatic rings. The number of aromatic nitrogens is 4. The normalized spacial score (nSPS) is 11.5. The van der Waals surface area contributed by atoms with Gasteiger partial charge >= 0.3 is 0 Å². The van der Waals surface area contributed by atoms with Crippen LogP contribution in [-0.2, 0) is 13.7 Å². The van der Waals surface area contributed by atoms with E-state index in [9.17, 15) is 0 Å². The maximum absolute atomic E-state index is 5.77. The monoisotopic (exact) mass is 382 g/mol. The van der Waals surface area contributed by atoms with Crippen LogP contribution in [0.3, 0.4) is 0 Å². The summed E-state index contributed by atoms with van der Waals surface area (Å²) in [4.78, 5) is 4.26. The van der Waals surface area contributed by atoms with Gasteiger partial charge in [-0.25, -0.2) is 0 Å². The number of hydrogen-bond donors (Lipinski definition) is 1. The first-order valence-electron chi connectivity index (χ1n) is 9.42.